The average molecular weight is 290 g/mol. The van der Waals surface area contributed by atoms with Gasteiger partial charge in [0.25, 0.3) is 5.91 Å². The largest absolute Gasteiger partial charge is 0.345 e. The Kier molecular flexibility index (Phi) is 6.92. The molecule has 0 spiro atoms. The molecule has 4 nitrogen and oxygen atoms in total. The normalized spacial score (nSPS) is 11.8. The number of nitrogens with one attached hydrogen (secondary N) is 1. The first kappa shape index (κ1) is 17.2. The van der Waals surface area contributed by atoms with Crippen LogP contribution in [0.15, 0.2) is 24.3 Å². The molecular formula is C17H26N2O2. The van der Waals surface area contributed by atoms with Crippen LogP contribution in [0.3, 0.4) is 0 Å². The molecule has 0 radical (unpaired) electrons. The number of hydrogen-bond donors (Lipinski definition) is 1. The SMILES string of the molecule is CCCCC(CC)C(=O)Nc1cccc(C(=O)N(C)C)c1. The molecule has 0 fully saturated rings. The Labute approximate surface area is 127 Å². The fourth-order valence-electron chi connectivity index (χ4n) is 2.20. The highest BCUT2D eigenvalue weighted by atomic mass is 16.2. The van der Waals surface area contributed by atoms with Crippen molar-refractivity contribution in [3.63, 3.8) is 0 Å². The number of amides is 2. The van der Waals surface area contributed by atoms with Crippen molar-refractivity contribution in [1.82, 2.24) is 4.90 Å². The third kappa shape index (κ3) is 5.21. The van der Waals surface area contributed by atoms with Gasteiger partial charge in [-0.2, -0.15) is 0 Å². The number of carbonyl (C=O) groups excluding carboxylic acids is 2. The van der Waals surface area contributed by atoms with Crippen molar-refractivity contribution in [3.8, 4) is 0 Å². The molecule has 0 aliphatic carbocycles. The maximum absolute atomic E-state index is 12.3. The van der Waals surface area contributed by atoms with E-state index in [4.69, 9.17) is 0 Å². The minimum Gasteiger partial charge on any atom is -0.345 e. The molecule has 0 bridgehead atoms. The van der Waals surface area contributed by atoms with Gasteiger partial charge < -0.3 is 10.2 Å². The molecule has 4 heteroatoms. The summed E-state index contributed by atoms with van der Waals surface area (Å²) in [6, 6.07) is 7.09. The van der Waals surface area contributed by atoms with Gasteiger partial charge in [-0.25, -0.2) is 0 Å². The van der Waals surface area contributed by atoms with Crippen LogP contribution in [0.2, 0.25) is 0 Å². The highest BCUT2D eigenvalue weighted by Gasteiger charge is 2.16. The molecule has 1 unspecified atom stereocenters. The van der Waals surface area contributed by atoms with Crippen molar-refractivity contribution in [2.75, 3.05) is 19.4 Å². The van der Waals surface area contributed by atoms with Gasteiger partial charge in [0.15, 0.2) is 0 Å². The van der Waals surface area contributed by atoms with E-state index in [1.807, 2.05) is 13.0 Å². The highest BCUT2D eigenvalue weighted by molar-refractivity contribution is 5.97. The number of unbranched alkanes of at least 4 members (excludes halogenated alkanes) is 1. The van der Waals surface area contributed by atoms with Gasteiger partial charge in [0, 0.05) is 31.3 Å². The van der Waals surface area contributed by atoms with Crippen LogP contribution in [0, 0.1) is 5.92 Å². The Bertz CT molecular complexity index is 483. The predicted octanol–water partition coefficient (Wildman–Crippen LogP) is 3.54. The van der Waals surface area contributed by atoms with Gasteiger partial charge in [0.1, 0.15) is 0 Å². The van der Waals surface area contributed by atoms with Crippen molar-refractivity contribution in [3.05, 3.63) is 29.8 Å². The minimum atomic E-state index is -0.0656. The topological polar surface area (TPSA) is 49.4 Å². The molecule has 1 atom stereocenters. The van der Waals surface area contributed by atoms with E-state index in [1.165, 1.54) is 4.90 Å². The Hall–Kier alpha value is -1.84. The third-order valence-corrected chi connectivity index (χ3v) is 3.55. The van der Waals surface area contributed by atoms with Gasteiger partial charge in [0.2, 0.25) is 5.91 Å². The summed E-state index contributed by atoms with van der Waals surface area (Å²) in [7, 11) is 3.43. The number of carbonyl (C=O) groups is 2. The summed E-state index contributed by atoms with van der Waals surface area (Å²) in [6.45, 7) is 4.16. The summed E-state index contributed by atoms with van der Waals surface area (Å²) < 4.78 is 0. The fraction of sp³-hybridized carbons (Fsp3) is 0.529. The standard InChI is InChI=1S/C17H26N2O2/c1-5-7-9-13(6-2)16(20)18-15-11-8-10-14(12-15)17(21)19(3)4/h8,10-13H,5-7,9H2,1-4H3,(H,18,20). The summed E-state index contributed by atoms with van der Waals surface area (Å²) in [5.41, 5.74) is 1.27. The van der Waals surface area contributed by atoms with E-state index in [0.29, 0.717) is 11.3 Å². The highest BCUT2D eigenvalue weighted by Crippen LogP contribution is 2.17. The van der Waals surface area contributed by atoms with E-state index in [2.05, 4.69) is 12.2 Å². The van der Waals surface area contributed by atoms with E-state index >= 15 is 0 Å². The summed E-state index contributed by atoms with van der Waals surface area (Å²) in [6.07, 6.45) is 3.90. The van der Waals surface area contributed by atoms with Gasteiger partial charge in [0.05, 0.1) is 0 Å². The predicted molar refractivity (Wildman–Crippen MR) is 86.4 cm³/mol. The van der Waals surface area contributed by atoms with Crippen LogP contribution < -0.4 is 5.32 Å². The Morgan fingerprint density at radius 2 is 1.95 bits per heavy atom. The second-order valence-electron chi connectivity index (χ2n) is 5.52. The van der Waals surface area contributed by atoms with Crippen LogP contribution in [0.4, 0.5) is 5.69 Å². The molecule has 21 heavy (non-hydrogen) atoms. The lowest BCUT2D eigenvalue weighted by Gasteiger charge is -2.15. The number of nitrogens with zero attached hydrogens (tertiary/aromatic N) is 1. The molecule has 1 rings (SSSR count). The van der Waals surface area contributed by atoms with Gasteiger partial charge in [-0.3, -0.25) is 9.59 Å². The van der Waals surface area contributed by atoms with Gasteiger partial charge >= 0.3 is 0 Å². The molecule has 0 aromatic heterocycles. The number of anilines is 1. The second-order valence-corrected chi connectivity index (χ2v) is 5.52. The zero-order valence-electron chi connectivity index (χ0n) is 13.5. The van der Waals surface area contributed by atoms with Crippen molar-refractivity contribution < 1.29 is 9.59 Å². The lowest BCUT2D eigenvalue weighted by Crippen LogP contribution is -2.24. The van der Waals surface area contributed by atoms with Crippen LogP contribution in [-0.4, -0.2) is 30.8 Å². The molecule has 1 N–H and O–H groups in total. The van der Waals surface area contributed by atoms with Gasteiger partial charge in [-0.1, -0.05) is 32.8 Å². The monoisotopic (exact) mass is 290 g/mol. The molecule has 0 saturated carbocycles. The lowest BCUT2D eigenvalue weighted by atomic mass is 9.98. The molecule has 1 aromatic carbocycles. The smallest absolute Gasteiger partial charge is 0.253 e. The van der Waals surface area contributed by atoms with E-state index in [-0.39, 0.29) is 17.7 Å². The third-order valence-electron chi connectivity index (χ3n) is 3.55. The van der Waals surface area contributed by atoms with Crippen molar-refractivity contribution in [2.24, 2.45) is 5.92 Å². The maximum Gasteiger partial charge on any atom is 0.253 e. The minimum absolute atomic E-state index is 0.0400. The summed E-state index contributed by atoms with van der Waals surface area (Å²) >= 11 is 0. The van der Waals surface area contributed by atoms with Crippen molar-refractivity contribution in [2.45, 2.75) is 39.5 Å². The summed E-state index contributed by atoms with van der Waals surface area (Å²) in [4.78, 5) is 25.7. The van der Waals surface area contributed by atoms with Crippen LogP contribution >= 0.6 is 0 Å². The quantitative estimate of drug-likeness (QED) is 0.835. The molecule has 0 aliphatic rings. The average Bonchev–Trinajstić information content (AvgIpc) is 2.47. The number of hydrogen-bond acceptors (Lipinski definition) is 2. The van der Waals surface area contributed by atoms with E-state index in [1.54, 1.807) is 32.3 Å². The Morgan fingerprint density at radius 3 is 2.52 bits per heavy atom. The van der Waals surface area contributed by atoms with Crippen LogP contribution in [0.25, 0.3) is 0 Å². The first-order chi connectivity index (χ1) is 9.99. The van der Waals surface area contributed by atoms with E-state index in [0.717, 1.165) is 25.7 Å². The molecular weight excluding hydrogens is 264 g/mol. The molecule has 2 amide bonds. The first-order valence-corrected chi connectivity index (χ1v) is 7.62. The van der Waals surface area contributed by atoms with E-state index < -0.39 is 0 Å². The van der Waals surface area contributed by atoms with Crippen molar-refractivity contribution >= 4 is 17.5 Å². The van der Waals surface area contributed by atoms with Gasteiger partial charge in [-0.15, -0.1) is 0 Å². The lowest BCUT2D eigenvalue weighted by molar-refractivity contribution is -0.120. The molecule has 0 saturated heterocycles. The molecule has 0 heterocycles. The fourth-order valence-corrected chi connectivity index (χ4v) is 2.20. The molecule has 0 aliphatic heterocycles. The van der Waals surface area contributed by atoms with E-state index in [9.17, 15) is 9.59 Å². The first-order valence-electron chi connectivity index (χ1n) is 7.62. The van der Waals surface area contributed by atoms with Crippen LogP contribution in [0.5, 0.6) is 0 Å². The zero-order chi connectivity index (χ0) is 15.8. The van der Waals surface area contributed by atoms with Crippen molar-refractivity contribution in [1.29, 1.82) is 0 Å². The maximum atomic E-state index is 12.3. The molecule has 116 valence electrons. The zero-order valence-corrected chi connectivity index (χ0v) is 13.5. The number of rotatable bonds is 7. The number of benzene rings is 1. The second kappa shape index (κ2) is 8.45. The van der Waals surface area contributed by atoms with Gasteiger partial charge in [-0.05, 0) is 31.0 Å². The Morgan fingerprint density at radius 1 is 1.24 bits per heavy atom. The Balaban J connectivity index is 2.76. The molecule has 1 aromatic rings. The summed E-state index contributed by atoms with van der Waals surface area (Å²) in [5, 5.41) is 2.93. The van der Waals surface area contributed by atoms with Crippen LogP contribution in [0.1, 0.15) is 49.9 Å². The summed E-state index contributed by atoms with van der Waals surface area (Å²) in [5.74, 6) is 0.0164. The van der Waals surface area contributed by atoms with Crippen LogP contribution in [-0.2, 0) is 4.79 Å².